The first-order chi connectivity index (χ1) is 8.32. The van der Waals surface area contributed by atoms with Crippen molar-refractivity contribution >= 4 is 29.0 Å². The number of piperidine rings is 1. The van der Waals surface area contributed by atoms with Crippen molar-refractivity contribution in [2.45, 2.75) is 32.7 Å². The number of hydrogen-bond donors (Lipinski definition) is 2. The van der Waals surface area contributed by atoms with Gasteiger partial charge in [0, 0.05) is 26.1 Å². The highest BCUT2D eigenvalue weighted by atomic mass is 32.1. The smallest absolute Gasteiger partial charge is 0.230 e. The zero-order valence-electron chi connectivity index (χ0n) is 11.1. The van der Waals surface area contributed by atoms with Crippen LogP contribution >= 0.6 is 12.2 Å². The van der Waals surface area contributed by atoms with Gasteiger partial charge in [0.05, 0.1) is 10.9 Å². The summed E-state index contributed by atoms with van der Waals surface area (Å²) in [5, 5.41) is 2.93. The predicted octanol–water partition coefficient (Wildman–Crippen LogP) is 0.282. The Balaban J connectivity index is 2.59. The Labute approximate surface area is 113 Å². The van der Waals surface area contributed by atoms with Gasteiger partial charge in [0.15, 0.2) is 0 Å². The molecule has 2 atom stereocenters. The van der Waals surface area contributed by atoms with E-state index in [-0.39, 0.29) is 28.8 Å². The van der Waals surface area contributed by atoms with Crippen molar-refractivity contribution in [1.29, 1.82) is 0 Å². The number of amides is 2. The molecular weight excluding hydrogens is 250 g/mol. The molecule has 1 saturated heterocycles. The highest BCUT2D eigenvalue weighted by Gasteiger charge is 2.29. The van der Waals surface area contributed by atoms with Gasteiger partial charge in [-0.25, -0.2) is 0 Å². The number of hydrogen-bond acceptors (Lipinski definition) is 3. The fourth-order valence-electron chi connectivity index (χ4n) is 2.18. The molecule has 1 heterocycles. The summed E-state index contributed by atoms with van der Waals surface area (Å²) < 4.78 is 0. The number of nitrogens with zero attached hydrogens (tertiary/aromatic N) is 1. The van der Waals surface area contributed by atoms with Crippen LogP contribution in [0.1, 0.15) is 26.7 Å². The van der Waals surface area contributed by atoms with Crippen LogP contribution in [0.15, 0.2) is 0 Å². The summed E-state index contributed by atoms with van der Waals surface area (Å²) in [5.41, 5.74) is 5.60. The minimum absolute atomic E-state index is 0.00389. The van der Waals surface area contributed by atoms with Crippen molar-refractivity contribution in [1.82, 2.24) is 10.2 Å². The van der Waals surface area contributed by atoms with Crippen molar-refractivity contribution in [3.8, 4) is 0 Å². The van der Waals surface area contributed by atoms with Gasteiger partial charge in [-0.05, 0) is 12.3 Å². The Morgan fingerprint density at radius 2 is 2.17 bits per heavy atom. The third-order valence-electron chi connectivity index (χ3n) is 3.23. The summed E-state index contributed by atoms with van der Waals surface area (Å²) in [6.45, 7) is 4.38. The average Bonchev–Trinajstić information content (AvgIpc) is 2.22. The van der Waals surface area contributed by atoms with Crippen LogP contribution < -0.4 is 11.1 Å². The molecule has 2 unspecified atom stereocenters. The highest BCUT2D eigenvalue weighted by molar-refractivity contribution is 7.80. The third-order valence-corrected chi connectivity index (χ3v) is 3.48. The van der Waals surface area contributed by atoms with Gasteiger partial charge in [-0.3, -0.25) is 9.59 Å². The molecule has 1 fully saturated rings. The Kier molecular flexibility index (Phi) is 5.07. The molecule has 0 aromatic rings. The van der Waals surface area contributed by atoms with Gasteiger partial charge in [0.2, 0.25) is 11.8 Å². The summed E-state index contributed by atoms with van der Waals surface area (Å²) in [5.74, 6) is -0.381. The van der Waals surface area contributed by atoms with Crippen LogP contribution in [-0.2, 0) is 9.59 Å². The molecule has 5 nitrogen and oxygen atoms in total. The fourth-order valence-corrected chi connectivity index (χ4v) is 2.56. The molecule has 1 aliphatic rings. The molecule has 1 rings (SSSR count). The van der Waals surface area contributed by atoms with E-state index < -0.39 is 5.92 Å². The summed E-state index contributed by atoms with van der Waals surface area (Å²) in [4.78, 5) is 25.3. The van der Waals surface area contributed by atoms with E-state index in [1.807, 2.05) is 13.8 Å². The first-order valence-corrected chi connectivity index (χ1v) is 6.57. The zero-order valence-corrected chi connectivity index (χ0v) is 11.9. The van der Waals surface area contributed by atoms with Gasteiger partial charge < -0.3 is 16.0 Å². The van der Waals surface area contributed by atoms with Crippen LogP contribution in [-0.4, -0.2) is 41.3 Å². The lowest BCUT2D eigenvalue weighted by molar-refractivity contribution is -0.134. The van der Waals surface area contributed by atoms with Crippen molar-refractivity contribution in [3.63, 3.8) is 0 Å². The molecule has 2 amide bonds. The van der Waals surface area contributed by atoms with Gasteiger partial charge in [-0.1, -0.05) is 26.1 Å². The maximum Gasteiger partial charge on any atom is 0.230 e. The van der Waals surface area contributed by atoms with E-state index in [9.17, 15) is 9.59 Å². The second kappa shape index (κ2) is 6.13. The highest BCUT2D eigenvalue weighted by Crippen LogP contribution is 2.14. The monoisotopic (exact) mass is 271 g/mol. The summed E-state index contributed by atoms with van der Waals surface area (Å²) in [6, 6.07) is -0.00389. The normalized spacial score (nSPS) is 21.9. The molecule has 0 saturated carbocycles. The number of carbonyl (C=O) groups is 2. The lowest BCUT2D eigenvalue weighted by atomic mass is 9.94. The standard InChI is InChI=1S/C12H21N3O2S/c1-7(2)10(11(13)18)12(17)14-8-4-5-9(16)15(3)6-8/h7-8,10H,4-6H2,1-3H3,(H2,13,18)(H,14,17). The van der Waals surface area contributed by atoms with Crippen LogP contribution in [0, 0.1) is 11.8 Å². The Bertz CT molecular complexity index is 357. The Morgan fingerprint density at radius 1 is 1.56 bits per heavy atom. The molecule has 1 aliphatic heterocycles. The Morgan fingerprint density at radius 3 is 2.61 bits per heavy atom. The van der Waals surface area contributed by atoms with E-state index in [1.54, 1.807) is 11.9 Å². The second-order valence-electron chi connectivity index (χ2n) is 5.14. The lowest BCUT2D eigenvalue weighted by Crippen LogP contribution is -2.51. The quantitative estimate of drug-likeness (QED) is 0.720. The van der Waals surface area contributed by atoms with Gasteiger partial charge in [0.25, 0.3) is 0 Å². The minimum Gasteiger partial charge on any atom is -0.393 e. The number of rotatable bonds is 4. The van der Waals surface area contributed by atoms with Crippen LogP contribution in [0.5, 0.6) is 0 Å². The molecule has 18 heavy (non-hydrogen) atoms. The summed E-state index contributed by atoms with van der Waals surface area (Å²) in [7, 11) is 1.74. The molecular formula is C12H21N3O2S. The van der Waals surface area contributed by atoms with Crippen LogP contribution in [0.4, 0.5) is 0 Å². The van der Waals surface area contributed by atoms with E-state index in [2.05, 4.69) is 5.32 Å². The van der Waals surface area contributed by atoms with Gasteiger partial charge in [-0.2, -0.15) is 0 Å². The molecule has 0 radical (unpaired) electrons. The van der Waals surface area contributed by atoms with E-state index >= 15 is 0 Å². The first kappa shape index (κ1) is 14.9. The molecule has 0 bridgehead atoms. The molecule has 0 aromatic heterocycles. The SMILES string of the molecule is CC(C)C(C(=O)NC1CCC(=O)N(C)C1)C(N)=S. The molecule has 0 aromatic carbocycles. The second-order valence-corrected chi connectivity index (χ2v) is 5.61. The maximum absolute atomic E-state index is 12.1. The van der Waals surface area contributed by atoms with Crippen LogP contribution in [0.25, 0.3) is 0 Å². The molecule has 0 spiro atoms. The van der Waals surface area contributed by atoms with Gasteiger partial charge in [0.1, 0.15) is 0 Å². The van der Waals surface area contributed by atoms with Crippen LogP contribution in [0.3, 0.4) is 0 Å². The lowest BCUT2D eigenvalue weighted by Gasteiger charge is -2.31. The van der Waals surface area contributed by atoms with E-state index in [1.165, 1.54) is 0 Å². The minimum atomic E-state index is -0.442. The first-order valence-electron chi connectivity index (χ1n) is 6.16. The number of likely N-dealkylation sites (tertiary alicyclic amines) is 1. The van der Waals surface area contributed by atoms with Crippen molar-refractivity contribution in [2.75, 3.05) is 13.6 Å². The summed E-state index contributed by atoms with van der Waals surface area (Å²) >= 11 is 4.93. The predicted molar refractivity (Wildman–Crippen MR) is 73.9 cm³/mol. The number of nitrogens with one attached hydrogen (secondary N) is 1. The zero-order chi connectivity index (χ0) is 13.9. The van der Waals surface area contributed by atoms with Gasteiger partial charge in [-0.15, -0.1) is 0 Å². The van der Waals surface area contributed by atoms with E-state index in [0.717, 1.165) is 0 Å². The van der Waals surface area contributed by atoms with Crippen molar-refractivity contribution in [2.24, 2.45) is 17.6 Å². The van der Waals surface area contributed by atoms with Crippen LogP contribution in [0.2, 0.25) is 0 Å². The molecule has 0 aliphatic carbocycles. The summed E-state index contributed by atoms with van der Waals surface area (Å²) in [6.07, 6.45) is 1.15. The molecule has 6 heteroatoms. The van der Waals surface area contributed by atoms with Gasteiger partial charge >= 0.3 is 0 Å². The van der Waals surface area contributed by atoms with Crippen molar-refractivity contribution < 1.29 is 9.59 Å². The number of nitrogens with two attached hydrogens (primary N) is 1. The molecule has 102 valence electrons. The largest absolute Gasteiger partial charge is 0.393 e. The number of carbonyl (C=O) groups excluding carboxylic acids is 2. The average molecular weight is 271 g/mol. The van der Waals surface area contributed by atoms with E-state index in [4.69, 9.17) is 18.0 Å². The molecule has 3 N–H and O–H groups in total. The van der Waals surface area contributed by atoms with E-state index in [0.29, 0.717) is 19.4 Å². The Hall–Kier alpha value is -1.17. The number of thiocarbonyl (C=S) groups is 1. The van der Waals surface area contributed by atoms with Crippen molar-refractivity contribution in [3.05, 3.63) is 0 Å². The fraction of sp³-hybridized carbons (Fsp3) is 0.750. The maximum atomic E-state index is 12.1. The third kappa shape index (κ3) is 3.66. The number of likely N-dealkylation sites (N-methyl/N-ethyl adjacent to an activating group) is 1. The topological polar surface area (TPSA) is 75.4 Å².